The van der Waals surface area contributed by atoms with Gasteiger partial charge in [-0.25, -0.2) is 0 Å². The standard InChI is InChI=1S/C15H8BrNO4S/c16-11-7-9(17(20)21)5-8(14(11)18)6-13-15(19)10-3-1-2-4-12(10)22-13/h1-7,18H/b13-6+. The average molecular weight is 378 g/mol. The van der Waals surface area contributed by atoms with Crippen molar-refractivity contribution in [2.75, 3.05) is 0 Å². The van der Waals surface area contributed by atoms with E-state index >= 15 is 0 Å². The third kappa shape index (κ3) is 2.53. The van der Waals surface area contributed by atoms with Gasteiger partial charge >= 0.3 is 0 Å². The minimum absolute atomic E-state index is 0.137. The molecule has 0 radical (unpaired) electrons. The van der Waals surface area contributed by atoms with E-state index in [0.29, 0.717) is 10.5 Å². The molecule has 5 nitrogen and oxygen atoms in total. The van der Waals surface area contributed by atoms with Crippen LogP contribution in [0.15, 0.2) is 50.7 Å². The fourth-order valence-corrected chi connectivity index (χ4v) is 3.60. The minimum Gasteiger partial charge on any atom is -0.506 e. The first-order valence-electron chi connectivity index (χ1n) is 6.17. The molecule has 3 rings (SSSR count). The number of phenolic OH excluding ortho intramolecular Hbond substituents is 1. The van der Waals surface area contributed by atoms with Gasteiger partial charge in [-0.05, 0) is 34.1 Å². The van der Waals surface area contributed by atoms with Gasteiger partial charge in [-0.15, -0.1) is 0 Å². The van der Waals surface area contributed by atoms with E-state index in [1.54, 1.807) is 12.1 Å². The van der Waals surface area contributed by atoms with Crippen LogP contribution in [0.25, 0.3) is 6.08 Å². The van der Waals surface area contributed by atoms with Gasteiger partial charge < -0.3 is 5.11 Å². The van der Waals surface area contributed by atoms with Crippen LogP contribution < -0.4 is 0 Å². The van der Waals surface area contributed by atoms with Gasteiger partial charge in [-0.1, -0.05) is 23.9 Å². The van der Waals surface area contributed by atoms with Gasteiger partial charge in [0, 0.05) is 28.2 Å². The summed E-state index contributed by atoms with van der Waals surface area (Å²) in [5, 5.41) is 20.9. The lowest BCUT2D eigenvalue weighted by Gasteiger charge is -2.03. The Balaban J connectivity index is 2.07. The summed E-state index contributed by atoms with van der Waals surface area (Å²) in [4.78, 5) is 23.9. The van der Waals surface area contributed by atoms with Crippen molar-refractivity contribution in [2.45, 2.75) is 4.90 Å². The molecular formula is C15H8BrNO4S. The molecular weight excluding hydrogens is 370 g/mol. The first kappa shape index (κ1) is 14.8. The molecule has 2 aromatic rings. The van der Waals surface area contributed by atoms with Crippen molar-refractivity contribution in [1.82, 2.24) is 0 Å². The van der Waals surface area contributed by atoms with Gasteiger partial charge in [0.1, 0.15) is 5.75 Å². The van der Waals surface area contributed by atoms with E-state index in [1.165, 1.54) is 30.0 Å². The molecule has 0 aromatic heterocycles. The number of nitrogens with zero attached hydrogens (tertiary/aromatic N) is 1. The molecule has 22 heavy (non-hydrogen) atoms. The smallest absolute Gasteiger partial charge is 0.271 e. The third-order valence-corrected chi connectivity index (χ3v) is 4.85. The largest absolute Gasteiger partial charge is 0.506 e. The molecule has 110 valence electrons. The normalized spacial score (nSPS) is 15.1. The Morgan fingerprint density at radius 2 is 2.00 bits per heavy atom. The van der Waals surface area contributed by atoms with Gasteiger partial charge in [-0.3, -0.25) is 14.9 Å². The summed E-state index contributed by atoms with van der Waals surface area (Å²) in [5.74, 6) is -0.287. The molecule has 0 aliphatic carbocycles. The maximum Gasteiger partial charge on any atom is 0.271 e. The van der Waals surface area contributed by atoms with Crippen molar-refractivity contribution in [3.8, 4) is 5.75 Å². The molecule has 1 N–H and O–H groups in total. The summed E-state index contributed by atoms with van der Waals surface area (Å²) in [5.41, 5.74) is 0.664. The fraction of sp³-hybridized carbons (Fsp3) is 0. The van der Waals surface area contributed by atoms with Crippen molar-refractivity contribution >= 4 is 45.2 Å². The van der Waals surface area contributed by atoms with Crippen molar-refractivity contribution in [2.24, 2.45) is 0 Å². The van der Waals surface area contributed by atoms with Crippen LogP contribution in [-0.4, -0.2) is 15.8 Å². The lowest BCUT2D eigenvalue weighted by Crippen LogP contribution is -1.94. The molecule has 0 bridgehead atoms. The van der Waals surface area contributed by atoms with E-state index < -0.39 is 4.92 Å². The SMILES string of the molecule is O=C1/C(=C\c2cc([N+](=O)[O-])cc(Br)c2O)Sc2ccccc21. The first-order valence-corrected chi connectivity index (χ1v) is 7.78. The zero-order valence-electron chi connectivity index (χ0n) is 10.9. The number of halogens is 1. The number of non-ortho nitro benzene ring substituents is 1. The van der Waals surface area contributed by atoms with Crippen LogP contribution in [0, 0.1) is 10.1 Å². The number of benzene rings is 2. The number of nitro benzene ring substituents is 1. The maximum absolute atomic E-state index is 12.3. The van der Waals surface area contributed by atoms with Crippen LogP contribution in [-0.2, 0) is 0 Å². The highest BCUT2D eigenvalue weighted by Gasteiger charge is 2.26. The van der Waals surface area contributed by atoms with Crippen LogP contribution in [0.5, 0.6) is 5.75 Å². The fourth-order valence-electron chi connectivity index (χ4n) is 2.10. The Morgan fingerprint density at radius 1 is 1.27 bits per heavy atom. The summed E-state index contributed by atoms with van der Waals surface area (Å²) in [7, 11) is 0. The number of carbonyl (C=O) groups is 1. The Kier molecular flexibility index (Phi) is 3.76. The Labute approximate surface area is 137 Å². The van der Waals surface area contributed by atoms with E-state index in [4.69, 9.17) is 0 Å². The molecule has 1 aliphatic heterocycles. The number of thioether (sulfide) groups is 1. The van der Waals surface area contributed by atoms with Crippen molar-refractivity contribution in [3.05, 3.63) is 67.0 Å². The van der Waals surface area contributed by atoms with Crippen LogP contribution in [0.1, 0.15) is 15.9 Å². The van der Waals surface area contributed by atoms with Crippen molar-refractivity contribution in [1.29, 1.82) is 0 Å². The van der Waals surface area contributed by atoms with E-state index in [1.807, 2.05) is 12.1 Å². The molecule has 0 spiro atoms. The second-order valence-electron chi connectivity index (χ2n) is 4.56. The maximum atomic E-state index is 12.3. The number of fused-ring (bicyclic) bond motifs is 1. The van der Waals surface area contributed by atoms with E-state index in [0.717, 1.165) is 4.90 Å². The number of ketones is 1. The number of rotatable bonds is 2. The highest BCUT2D eigenvalue weighted by atomic mass is 79.9. The van der Waals surface area contributed by atoms with E-state index in [2.05, 4.69) is 15.9 Å². The monoisotopic (exact) mass is 377 g/mol. The van der Waals surface area contributed by atoms with Crippen LogP contribution in [0.4, 0.5) is 5.69 Å². The summed E-state index contributed by atoms with van der Waals surface area (Å²) in [6, 6.07) is 9.64. The number of allylic oxidation sites excluding steroid dienone is 1. The topological polar surface area (TPSA) is 80.4 Å². The first-order chi connectivity index (χ1) is 10.5. The average Bonchev–Trinajstić information content (AvgIpc) is 2.80. The summed E-state index contributed by atoms with van der Waals surface area (Å²) < 4.78 is 0.210. The summed E-state index contributed by atoms with van der Waals surface area (Å²) in [6.07, 6.45) is 1.47. The molecule has 0 saturated carbocycles. The number of carbonyl (C=O) groups excluding carboxylic acids is 1. The number of phenols is 1. The Bertz CT molecular complexity index is 847. The molecule has 7 heteroatoms. The molecule has 0 fully saturated rings. The van der Waals surface area contributed by atoms with Crippen LogP contribution in [0.2, 0.25) is 0 Å². The highest BCUT2D eigenvalue weighted by Crippen LogP contribution is 2.42. The molecule has 0 amide bonds. The zero-order chi connectivity index (χ0) is 15.9. The van der Waals surface area contributed by atoms with Gasteiger partial charge in [0.25, 0.3) is 5.69 Å². The summed E-state index contributed by atoms with van der Waals surface area (Å²) >= 11 is 4.37. The number of Topliss-reactive ketones (excluding diaryl/α,β-unsaturated/α-hetero) is 1. The van der Waals surface area contributed by atoms with Gasteiger partial charge in [0.05, 0.1) is 14.3 Å². The quantitative estimate of drug-likeness (QED) is 0.476. The van der Waals surface area contributed by atoms with E-state index in [-0.39, 0.29) is 27.3 Å². The van der Waals surface area contributed by atoms with Gasteiger partial charge in [-0.2, -0.15) is 0 Å². The molecule has 0 unspecified atom stereocenters. The van der Waals surface area contributed by atoms with Crippen LogP contribution >= 0.6 is 27.7 Å². The predicted octanol–water partition coefficient (Wildman–Crippen LogP) is 4.39. The molecule has 0 saturated heterocycles. The van der Waals surface area contributed by atoms with Crippen molar-refractivity contribution < 1.29 is 14.8 Å². The number of hydrogen-bond acceptors (Lipinski definition) is 5. The predicted molar refractivity (Wildman–Crippen MR) is 87.1 cm³/mol. The lowest BCUT2D eigenvalue weighted by molar-refractivity contribution is -0.385. The Morgan fingerprint density at radius 3 is 2.68 bits per heavy atom. The zero-order valence-corrected chi connectivity index (χ0v) is 13.3. The molecule has 1 heterocycles. The highest BCUT2D eigenvalue weighted by molar-refractivity contribution is 9.10. The van der Waals surface area contributed by atoms with Crippen LogP contribution in [0.3, 0.4) is 0 Å². The third-order valence-electron chi connectivity index (χ3n) is 3.15. The summed E-state index contributed by atoms with van der Waals surface area (Å²) in [6.45, 7) is 0. The van der Waals surface area contributed by atoms with Gasteiger partial charge in [0.2, 0.25) is 5.78 Å². The van der Waals surface area contributed by atoms with Gasteiger partial charge in [0.15, 0.2) is 0 Å². The number of aromatic hydroxyl groups is 1. The van der Waals surface area contributed by atoms with E-state index in [9.17, 15) is 20.0 Å². The molecule has 0 atom stereocenters. The lowest BCUT2D eigenvalue weighted by atomic mass is 10.1. The van der Waals surface area contributed by atoms with Crippen molar-refractivity contribution in [3.63, 3.8) is 0 Å². The number of nitro groups is 1. The second-order valence-corrected chi connectivity index (χ2v) is 6.50. The second kappa shape index (κ2) is 5.58. The number of hydrogen-bond donors (Lipinski definition) is 1. The minimum atomic E-state index is -0.551. The molecule has 1 aliphatic rings. The molecule has 2 aromatic carbocycles. The Hall–Kier alpha value is -2.12.